The molecule has 3 rings (SSSR count). The standard InChI is InChI=1S/C24H29FN2O2/c1-18(2)20-11-8-19(9-12-20)10-13-23(28)26-14-5-15-27(17-16-26)24(29)21-6-3-4-7-22(21)25/h3-4,6-9,11-12,18H,5,10,13-17H2,1-2H3. The molecule has 1 fully saturated rings. The predicted octanol–water partition coefficient (Wildman–Crippen LogP) is 4.26. The van der Waals surface area contributed by atoms with Crippen LogP contribution in [0.2, 0.25) is 0 Å². The van der Waals surface area contributed by atoms with Crippen molar-refractivity contribution in [2.24, 2.45) is 0 Å². The van der Waals surface area contributed by atoms with Crippen molar-refractivity contribution >= 4 is 11.8 Å². The molecule has 0 atom stereocenters. The van der Waals surface area contributed by atoms with E-state index in [1.165, 1.54) is 17.7 Å². The van der Waals surface area contributed by atoms with Gasteiger partial charge >= 0.3 is 0 Å². The number of benzene rings is 2. The van der Waals surface area contributed by atoms with Gasteiger partial charge in [0.15, 0.2) is 0 Å². The van der Waals surface area contributed by atoms with Crippen molar-refractivity contribution in [1.29, 1.82) is 0 Å². The lowest BCUT2D eigenvalue weighted by molar-refractivity contribution is -0.131. The minimum absolute atomic E-state index is 0.0946. The molecule has 2 aromatic carbocycles. The number of rotatable bonds is 5. The quantitative estimate of drug-likeness (QED) is 0.758. The van der Waals surface area contributed by atoms with E-state index in [2.05, 4.69) is 38.1 Å². The zero-order valence-electron chi connectivity index (χ0n) is 17.2. The fourth-order valence-electron chi connectivity index (χ4n) is 3.65. The highest BCUT2D eigenvalue weighted by atomic mass is 19.1. The number of amides is 2. The largest absolute Gasteiger partial charge is 0.341 e. The first-order valence-corrected chi connectivity index (χ1v) is 10.4. The lowest BCUT2D eigenvalue weighted by Gasteiger charge is -2.22. The molecular weight excluding hydrogens is 367 g/mol. The number of hydrogen-bond acceptors (Lipinski definition) is 2. The van der Waals surface area contributed by atoms with Crippen molar-refractivity contribution in [2.75, 3.05) is 26.2 Å². The van der Waals surface area contributed by atoms with Gasteiger partial charge in [-0.2, -0.15) is 0 Å². The van der Waals surface area contributed by atoms with E-state index in [1.54, 1.807) is 17.0 Å². The number of carbonyl (C=O) groups excluding carboxylic acids is 2. The Hall–Kier alpha value is -2.69. The van der Waals surface area contributed by atoms with Crippen molar-refractivity contribution in [3.8, 4) is 0 Å². The molecule has 29 heavy (non-hydrogen) atoms. The van der Waals surface area contributed by atoms with Gasteiger partial charge < -0.3 is 9.80 Å². The second-order valence-corrected chi connectivity index (χ2v) is 7.90. The van der Waals surface area contributed by atoms with Crippen LogP contribution in [0.15, 0.2) is 48.5 Å². The molecule has 1 aliphatic heterocycles. The number of carbonyl (C=O) groups is 2. The van der Waals surface area contributed by atoms with Gasteiger partial charge in [-0.1, -0.05) is 50.2 Å². The Morgan fingerprint density at radius 1 is 0.931 bits per heavy atom. The zero-order valence-corrected chi connectivity index (χ0v) is 17.2. The third-order valence-electron chi connectivity index (χ3n) is 5.51. The molecule has 0 aromatic heterocycles. The highest BCUT2D eigenvalue weighted by Crippen LogP contribution is 2.17. The number of hydrogen-bond donors (Lipinski definition) is 0. The van der Waals surface area contributed by atoms with Crippen LogP contribution in [0.5, 0.6) is 0 Å². The molecule has 0 unspecified atom stereocenters. The Morgan fingerprint density at radius 2 is 1.59 bits per heavy atom. The van der Waals surface area contributed by atoms with Gasteiger partial charge in [-0.15, -0.1) is 0 Å². The minimum atomic E-state index is -0.502. The zero-order chi connectivity index (χ0) is 20.8. The van der Waals surface area contributed by atoms with Crippen LogP contribution in [0.3, 0.4) is 0 Å². The van der Waals surface area contributed by atoms with Crippen molar-refractivity contribution in [3.63, 3.8) is 0 Å². The van der Waals surface area contributed by atoms with Crippen LogP contribution >= 0.6 is 0 Å². The average molecular weight is 397 g/mol. The first kappa shape index (κ1) is 21.0. The topological polar surface area (TPSA) is 40.6 Å². The van der Waals surface area contributed by atoms with Gasteiger partial charge in [-0.3, -0.25) is 9.59 Å². The van der Waals surface area contributed by atoms with Crippen LogP contribution in [0.1, 0.15) is 54.1 Å². The summed E-state index contributed by atoms with van der Waals surface area (Å²) in [5, 5.41) is 0. The summed E-state index contributed by atoms with van der Waals surface area (Å²) in [6, 6.07) is 14.5. The van der Waals surface area contributed by atoms with Gasteiger partial charge in [0.2, 0.25) is 5.91 Å². The first-order valence-electron chi connectivity index (χ1n) is 10.4. The summed E-state index contributed by atoms with van der Waals surface area (Å²) in [6.45, 7) is 6.42. The third-order valence-corrected chi connectivity index (χ3v) is 5.51. The summed E-state index contributed by atoms with van der Waals surface area (Å²) >= 11 is 0. The summed E-state index contributed by atoms with van der Waals surface area (Å²) in [5.74, 6) is -0.197. The molecule has 0 spiro atoms. The molecule has 5 heteroatoms. The fraction of sp³-hybridized carbons (Fsp3) is 0.417. The van der Waals surface area contributed by atoms with E-state index < -0.39 is 5.82 Å². The SMILES string of the molecule is CC(C)c1ccc(CCC(=O)N2CCCN(C(=O)c3ccccc3F)CC2)cc1. The number of aryl methyl sites for hydroxylation is 1. The number of halogens is 1. The maximum Gasteiger partial charge on any atom is 0.256 e. The van der Waals surface area contributed by atoms with Gasteiger partial charge in [0.05, 0.1) is 5.56 Å². The average Bonchev–Trinajstić information content (AvgIpc) is 2.98. The molecule has 0 aliphatic carbocycles. The summed E-state index contributed by atoms with van der Waals surface area (Å²) in [6.07, 6.45) is 1.88. The molecule has 1 aliphatic rings. The van der Waals surface area contributed by atoms with Gasteiger partial charge in [0.1, 0.15) is 5.82 Å². The lowest BCUT2D eigenvalue weighted by atomic mass is 10.0. The van der Waals surface area contributed by atoms with Crippen LogP contribution in [0.25, 0.3) is 0 Å². The van der Waals surface area contributed by atoms with Gasteiger partial charge in [0.25, 0.3) is 5.91 Å². The maximum absolute atomic E-state index is 13.9. The molecular formula is C24H29FN2O2. The Bertz CT molecular complexity index is 848. The molecule has 0 radical (unpaired) electrons. The minimum Gasteiger partial charge on any atom is -0.341 e. The van der Waals surface area contributed by atoms with Crippen LogP contribution in [0, 0.1) is 5.82 Å². The van der Waals surface area contributed by atoms with Crippen LogP contribution < -0.4 is 0 Å². The monoisotopic (exact) mass is 396 g/mol. The van der Waals surface area contributed by atoms with E-state index in [0.29, 0.717) is 51.4 Å². The Morgan fingerprint density at radius 3 is 2.28 bits per heavy atom. The molecule has 1 saturated heterocycles. The summed E-state index contributed by atoms with van der Waals surface area (Å²) in [7, 11) is 0. The van der Waals surface area contributed by atoms with Crippen molar-refractivity contribution in [2.45, 2.75) is 39.0 Å². The number of nitrogens with zero attached hydrogens (tertiary/aromatic N) is 2. The van der Waals surface area contributed by atoms with Gasteiger partial charge in [0, 0.05) is 32.6 Å². The Balaban J connectivity index is 1.53. The Labute approximate surface area is 172 Å². The Kier molecular flexibility index (Phi) is 7.02. The molecule has 0 N–H and O–H groups in total. The van der Waals surface area contributed by atoms with E-state index in [0.717, 1.165) is 5.56 Å². The van der Waals surface area contributed by atoms with E-state index >= 15 is 0 Å². The highest BCUT2D eigenvalue weighted by molar-refractivity contribution is 5.94. The molecule has 2 amide bonds. The van der Waals surface area contributed by atoms with Gasteiger partial charge in [-0.05, 0) is 42.0 Å². The first-order chi connectivity index (χ1) is 14.0. The van der Waals surface area contributed by atoms with E-state index in [9.17, 15) is 14.0 Å². The molecule has 154 valence electrons. The van der Waals surface area contributed by atoms with E-state index in [4.69, 9.17) is 0 Å². The highest BCUT2D eigenvalue weighted by Gasteiger charge is 2.24. The van der Waals surface area contributed by atoms with E-state index in [-0.39, 0.29) is 17.4 Å². The summed E-state index contributed by atoms with van der Waals surface area (Å²) in [4.78, 5) is 28.8. The van der Waals surface area contributed by atoms with Crippen LogP contribution in [-0.4, -0.2) is 47.8 Å². The lowest BCUT2D eigenvalue weighted by Crippen LogP contribution is -2.37. The van der Waals surface area contributed by atoms with E-state index in [1.807, 2.05) is 4.90 Å². The van der Waals surface area contributed by atoms with Gasteiger partial charge in [-0.25, -0.2) is 4.39 Å². The fourth-order valence-corrected chi connectivity index (χ4v) is 3.65. The second kappa shape index (κ2) is 9.68. The molecule has 0 saturated carbocycles. The third kappa shape index (κ3) is 5.43. The molecule has 4 nitrogen and oxygen atoms in total. The summed E-state index contributed by atoms with van der Waals surface area (Å²) in [5.41, 5.74) is 2.55. The summed E-state index contributed by atoms with van der Waals surface area (Å²) < 4.78 is 13.9. The van der Waals surface area contributed by atoms with Crippen molar-refractivity contribution in [1.82, 2.24) is 9.80 Å². The second-order valence-electron chi connectivity index (χ2n) is 7.90. The normalized spacial score (nSPS) is 14.8. The van der Waals surface area contributed by atoms with Crippen molar-refractivity contribution in [3.05, 3.63) is 71.0 Å². The smallest absolute Gasteiger partial charge is 0.256 e. The predicted molar refractivity (Wildman–Crippen MR) is 112 cm³/mol. The molecule has 1 heterocycles. The van der Waals surface area contributed by atoms with Crippen LogP contribution in [0.4, 0.5) is 4.39 Å². The molecule has 0 bridgehead atoms. The van der Waals surface area contributed by atoms with Crippen LogP contribution in [-0.2, 0) is 11.2 Å². The van der Waals surface area contributed by atoms with Crippen molar-refractivity contribution < 1.29 is 14.0 Å². The molecule has 2 aromatic rings. The maximum atomic E-state index is 13.9.